The highest BCUT2D eigenvalue weighted by atomic mass is 35.5. The van der Waals surface area contributed by atoms with Gasteiger partial charge in [-0.1, -0.05) is 41.4 Å². The summed E-state index contributed by atoms with van der Waals surface area (Å²) >= 11 is 5.98. The van der Waals surface area contributed by atoms with Crippen LogP contribution in [0.2, 0.25) is 5.02 Å². The molecule has 0 amide bonds. The summed E-state index contributed by atoms with van der Waals surface area (Å²) in [5.41, 5.74) is 2.01. The van der Waals surface area contributed by atoms with E-state index >= 15 is 0 Å². The fraction of sp³-hybridized carbons (Fsp3) is 0.467. The Labute approximate surface area is 126 Å². The zero-order valence-electron chi connectivity index (χ0n) is 11.4. The third-order valence-corrected chi connectivity index (χ3v) is 5.16. The van der Waals surface area contributed by atoms with E-state index in [9.17, 15) is 8.42 Å². The minimum atomic E-state index is -3.32. The van der Waals surface area contributed by atoms with Crippen molar-refractivity contribution in [3.63, 3.8) is 0 Å². The average molecular weight is 314 g/mol. The lowest BCUT2D eigenvalue weighted by Gasteiger charge is -2.13. The summed E-state index contributed by atoms with van der Waals surface area (Å²) in [5, 5.41) is 0.493. The molecule has 0 unspecified atom stereocenters. The van der Waals surface area contributed by atoms with Crippen molar-refractivity contribution in [1.29, 1.82) is 0 Å². The zero-order valence-corrected chi connectivity index (χ0v) is 13.0. The maximum atomic E-state index is 12.0. The molecule has 0 bridgehead atoms. The highest BCUT2D eigenvalue weighted by Crippen LogP contribution is 2.20. The van der Waals surface area contributed by atoms with Crippen molar-refractivity contribution in [2.24, 2.45) is 0 Å². The van der Waals surface area contributed by atoms with E-state index in [2.05, 4.69) is 10.8 Å². The summed E-state index contributed by atoms with van der Waals surface area (Å²) in [6, 6.07) is 7.04. The molecule has 1 N–H and O–H groups in total. The molecular weight excluding hydrogens is 294 g/mol. The minimum Gasteiger partial charge on any atom is -0.215 e. The second kappa shape index (κ2) is 7.25. The Balaban J connectivity index is 1.85. The molecule has 0 saturated heterocycles. The summed E-state index contributed by atoms with van der Waals surface area (Å²) in [4.78, 5) is 0. The number of nitrogens with one attached hydrogen (secondary N) is 1. The number of benzene rings is 1. The van der Waals surface area contributed by atoms with E-state index < -0.39 is 10.0 Å². The Kier molecular flexibility index (Phi) is 5.64. The second-order valence-electron chi connectivity index (χ2n) is 5.10. The SMILES string of the molecule is O=S(=O)(Cc1ccccc1Cl)NCCC1=CCCCC1. The molecular formula is C15H20ClNO2S. The lowest BCUT2D eigenvalue weighted by Crippen LogP contribution is -2.26. The van der Waals surface area contributed by atoms with E-state index in [1.807, 2.05) is 0 Å². The summed E-state index contributed by atoms with van der Waals surface area (Å²) in [6.07, 6.45) is 7.75. The van der Waals surface area contributed by atoms with Crippen molar-refractivity contribution >= 4 is 21.6 Å². The van der Waals surface area contributed by atoms with Crippen LogP contribution in [0.1, 0.15) is 37.7 Å². The molecule has 1 aliphatic rings. The van der Waals surface area contributed by atoms with Crippen LogP contribution < -0.4 is 4.72 Å². The Morgan fingerprint density at radius 3 is 2.70 bits per heavy atom. The smallest absolute Gasteiger partial charge is 0.215 e. The van der Waals surface area contributed by atoms with Gasteiger partial charge in [0.2, 0.25) is 10.0 Å². The predicted octanol–water partition coefficient (Wildman–Crippen LogP) is 3.65. The first-order valence-corrected chi connectivity index (χ1v) is 8.98. The molecule has 0 saturated carbocycles. The van der Waals surface area contributed by atoms with Crippen LogP contribution in [0.3, 0.4) is 0 Å². The van der Waals surface area contributed by atoms with Gasteiger partial charge in [0.1, 0.15) is 0 Å². The van der Waals surface area contributed by atoms with Gasteiger partial charge in [-0.2, -0.15) is 0 Å². The van der Waals surface area contributed by atoms with Crippen LogP contribution in [0.15, 0.2) is 35.9 Å². The van der Waals surface area contributed by atoms with Crippen LogP contribution >= 0.6 is 11.6 Å². The van der Waals surface area contributed by atoms with E-state index in [0.717, 1.165) is 19.3 Å². The van der Waals surface area contributed by atoms with Crippen LogP contribution in [0.5, 0.6) is 0 Å². The lowest BCUT2D eigenvalue weighted by atomic mass is 9.97. The summed E-state index contributed by atoms with van der Waals surface area (Å²) < 4.78 is 26.7. The molecule has 3 nitrogen and oxygen atoms in total. The average Bonchev–Trinajstić information content (AvgIpc) is 2.42. The van der Waals surface area contributed by atoms with E-state index in [1.54, 1.807) is 24.3 Å². The van der Waals surface area contributed by atoms with Gasteiger partial charge >= 0.3 is 0 Å². The Morgan fingerprint density at radius 1 is 1.20 bits per heavy atom. The summed E-state index contributed by atoms with van der Waals surface area (Å²) in [6.45, 7) is 0.471. The molecule has 0 heterocycles. The first kappa shape index (κ1) is 15.5. The molecule has 0 fully saturated rings. The van der Waals surface area contributed by atoms with Gasteiger partial charge in [0.05, 0.1) is 5.75 Å². The number of hydrogen-bond acceptors (Lipinski definition) is 2. The van der Waals surface area contributed by atoms with Gasteiger partial charge in [-0.05, 0) is 43.7 Å². The molecule has 1 aromatic carbocycles. The molecule has 20 heavy (non-hydrogen) atoms. The first-order valence-electron chi connectivity index (χ1n) is 6.95. The molecule has 0 aliphatic heterocycles. The normalized spacial score (nSPS) is 15.9. The lowest BCUT2D eigenvalue weighted by molar-refractivity contribution is 0.578. The molecule has 5 heteroatoms. The number of rotatable bonds is 6. The van der Waals surface area contributed by atoms with E-state index in [-0.39, 0.29) is 5.75 Å². The van der Waals surface area contributed by atoms with E-state index in [0.29, 0.717) is 17.1 Å². The van der Waals surface area contributed by atoms with Gasteiger partial charge in [0.25, 0.3) is 0 Å². The fourth-order valence-electron chi connectivity index (χ4n) is 2.37. The van der Waals surface area contributed by atoms with Gasteiger partial charge in [-0.3, -0.25) is 0 Å². The maximum absolute atomic E-state index is 12.0. The Morgan fingerprint density at radius 2 is 2.00 bits per heavy atom. The fourth-order valence-corrected chi connectivity index (χ4v) is 3.83. The van der Waals surface area contributed by atoms with Gasteiger partial charge in [-0.15, -0.1) is 0 Å². The molecule has 110 valence electrons. The van der Waals surface area contributed by atoms with Crippen LogP contribution in [-0.4, -0.2) is 15.0 Å². The molecule has 0 radical (unpaired) electrons. The molecule has 0 atom stereocenters. The highest BCUT2D eigenvalue weighted by molar-refractivity contribution is 7.88. The summed E-state index contributed by atoms with van der Waals surface area (Å²) in [5.74, 6) is -0.0638. The maximum Gasteiger partial charge on any atom is 0.215 e. The Bertz CT molecular complexity index is 581. The van der Waals surface area contributed by atoms with E-state index in [4.69, 9.17) is 11.6 Å². The molecule has 2 rings (SSSR count). The largest absolute Gasteiger partial charge is 0.215 e. The Hall–Kier alpha value is -0.840. The quantitative estimate of drug-likeness (QED) is 0.815. The van der Waals surface area contributed by atoms with Crippen LogP contribution in [0.25, 0.3) is 0 Å². The number of halogens is 1. The molecule has 1 aliphatic carbocycles. The predicted molar refractivity (Wildman–Crippen MR) is 83.2 cm³/mol. The monoisotopic (exact) mass is 313 g/mol. The molecule has 1 aromatic rings. The van der Waals surface area contributed by atoms with Gasteiger partial charge in [-0.25, -0.2) is 13.1 Å². The standard InChI is InChI=1S/C15H20ClNO2S/c16-15-9-5-4-8-14(15)12-20(18,19)17-11-10-13-6-2-1-3-7-13/h4-6,8-9,17H,1-3,7,10-12H2. The van der Waals surface area contributed by atoms with Gasteiger partial charge < -0.3 is 0 Å². The van der Waals surface area contributed by atoms with Gasteiger partial charge in [0, 0.05) is 11.6 Å². The van der Waals surface area contributed by atoms with Crippen molar-refractivity contribution in [3.8, 4) is 0 Å². The van der Waals surface area contributed by atoms with Crippen molar-refractivity contribution < 1.29 is 8.42 Å². The van der Waals surface area contributed by atoms with Crippen molar-refractivity contribution in [2.45, 2.75) is 37.9 Å². The van der Waals surface area contributed by atoms with Crippen molar-refractivity contribution in [2.75, 3.05) is 6.54 Å². The minimum absolute atomic E-state index is 0.0638. The second-order valence-corrected chi connectivity index (χ2v) is 7.32. The summed E-state index contributed by atoms with van der Waals surface area (Å²) in [7, 11) is -3.32. The van der Waals surface area contributed by atoms with Gasteiger partial charge in [0.15, 0.2) is 0 Å². The molecule has 0 aromatic heterocycles. The van der Waals surface area contributed by atoms with Crippen LogP contribution in [-0.2, 0) is 15.8 Å². The third kappa shape index (κ3) is 4.93. The molecule has 0 spiro atoms. The van der Waals surface area contributed by atoms with E-state index in [1.165, 1.54) is 18.4 Å². The topological polar surface area (TPSA) is 46.2 Å². The van der Waals surface area contributed by atoms with Crippen LogP contribution in [0.4, 0.5) is 0 Å². The van der Waals surface area contributed by atoms with Crippen molar-refractivity contribution in [1.82, 2.24) is 4.72 Å². The number of hydrogen-bond donors (Lipinski definition) is 1. The van der Waals surface area contributed by atoms with Crippen molar-refractivity contribution in [3.05, 3.63) is 46.5 Å². The number of sulfonamides is 1. The van der Waals surface area contributed by atoms with Crippen LogP contribution in [0, 0.1) is 0 Å². The first-order chi connectivity index (χ1) is 9.57. The number of allylic oxidation sites excluding steroid dienone is 1. The zero-order chi connectivity index (χ0) is 14.4. The third-order valence-electron chi connectivity index (χ3n) is 3.46. The highest BCUT2D eigenvalue weighted by Gasteiger charge is 2.13.